The van der Waals surface area contributed by atoms with Crippen LogP contribution in [0.25, 0.3) is 10.2 Å². The highest BCUT2D eigenvalue weighted by Crippen LogP contribution is 2.35. The SMILES string of the molecule is C[C@H]1CCc2c(sc3nc([C@@H](C)[NH2+]CCc4cccc(Cl)c4)[nH]c(=O)c23)C1. The first-order valence-corrected chi connectivity index (χ1v) is 10.8. The van der Waals surface area contributed by atoms with E-state index in [1.165, 1.54) is 16.0 Å². The number of benzene rings is 1. The highest BCUT2D eigenvalue weighted by atomic mass is 35.5. The monoisotopic (exact) mass is 402 g/mol. The summed E-state index contributed by atoms with van der Waals surface area (Å²) >= 11 is 7.76. The Morgan fingerprint density at radius 2 is 2.30 bits per heavy atom. The van der Waals surface area contributed by atoms with Crippen molar-refractivity contribution in [3.05, 3.63) is 61.5 Å². The first kappa shape index (κ1) is 18.7. The highest BCUT2D eigenvalue weighted by Gasteiger charge is 2.24. The largest absolute Gasteiger partial charge is 0.337 e. The number of aromatic amines is 1. The van der Waals surface area contributed by atoms with Gasteiger partial charge >= 0.3 is 0 Å². The molecule has 2 aromatic heterocycles. The molecule has 4 nitrogen and oxygen atoms in total. The summed E-state index contributed by atoms with van der Waals surface area (Å²) in [6.45, 7) is 5.30. The molecule has 0 saturated heterocycles. The summed E-state index contributed by atoms with van der Waals surface area (Å²) in [7, 11) is 0. The molecule has 0 fully saturated rings. The van der Waals surface area contributed by atoms with Gasteiger partial charge in [0.25, 0.3) is 5.56 Å². The number of rotatable bonds is 5. The number of H-pyrrole nitrogens is 1. The summed E-state index contributed by atoms with van der Waals surface area (Å²) in [5.41, 5.74) is 2.49. The molecular weight excluding hydrogens is 378 g/mol. The summed E-state index contributed by atoms with van der Waals surface area (Å²) in [6.07, 6.45) is 4.17. The standard InChI is InChI=1S/C21H24ClN3OS/c1-12-6-7-16-17(10-12)27-21-18(16)20(26)24-19(25-21)13(2)23-9-8-14-4-3-5-15(22)11-14/h3-5,11-13,23H,6-10H2,1-2H3,(H,24,25,26)/p+1/t12-,13+/m0/s1. The molecular formula is C21H25ClN3OS+. The predicted molar refractivity (Wildman–Crippen MR) is 112 cm³/mol. The van der Waals surface area contributed by atoms with Crippen molar-refractivity contribution < 1.29 is 5.32 Å². The van der Waals surface area contributed by atoms with Crippen molar-refractivity contribution >= 4 is 33.2 Å². The molecule has 142 valence electrons. The van der Waals surface area contributed by atoms with Crippen LogP contribution in [0.4, 0.5) is 0 Å². The molecule has 0 amide bonds. The number of halogens is 1. The van der Waals surface area contributed by atoms with E-state index in [1.54, 1.807) is 11.3 Å². The molecule has 0 spiro atoms. The Morgan fingerprint density at radius 3 is 3.11 bits per heavy atom. The molecule has 3 N–H and O–H groups in total. The van der Waals surface area contributed by atoms with Crippen LogP contribution < -0.4 is 10.9 Å². The minimum absolute atomic E-state index is 0.0251. The summed E-state index contributed by atoms with van der Waals surface area (Å²) in [4.78, 5) is 22.9. The van der Waals surface area contributed by atoms with E-state index in [2.05, 4.69) is 30.2 Å². The van der Waals surface area contributed by atoms with Gasteiger partial charge in [0.05, 0.1) is 11.9 Å². The zero-order chi connectivity index (χ0) is 19.0. The van der Waals surface area contributed by atoms with Crippen LogP contribution in [0.1, 0.15) is 48.1 Å². The molecule has 1 aromatic carbocycles. The third-order valence-electron chi connectivity index (χ3n) is 5.46. The molecule has 0 radical (unpaired) electrons. The topological polar surface area (TPSA) is 62.4 Å². The number of nitrogens with two attached hydrogens (primary N) is 1. The number of nitrogens with one attached hydrogen (secondary N) is 1. The summed E-state index contributed by atoms with van der Waals surface area (Å²) in [5.74, 6) is 1.47. The molecule has 2 atom stereocenters. The normalized spacial score (nSPS) is 17.8. The Bertz CT molecular complexity index is 1030. The molecule has 0 aliphatic heterocycles. The second kappa shape index (κ2) is 7.74. The molecule has 2 heterocycles. The molecule has 1 aliphatic carbocycles. The molecule has 27 heavy (non-hydrogen) atoms. The van der Waals surface area contributed by atoms with Gasteiger partial charge < -0.3 is 10.3 Å². The highest BCUT2D eigenvalue weighted by molar-refractivity contribution is 7.18. The van der Waals surface area contributed by atoms with Crippen molar-refractivity contribution in [3.8, 4) is 0 Å². The van der Waals surface area contributed by atoms with Crippen molar-refractivity contribution in [2.75, 3.05) is 6.54 Å². The van der Waals surface area contributed by atoms with E-state index < -0.39 is 0 Å². The van der Waals surface area contributed by atoms with Crippen molar-refractivity contribution in [1.29, 1.82) is 0 Å². The maximum absolute atomic E-state index is 12.7. The molecule has 6 heteroatoms. The van der Waals surface area contributed by atoms with Gasteiger partial charge in [0.15, 0.2) is 5.82 Å². The second-order valence-electron chi connectivity index (χ2n) is 7.68. The van der Waals surface area contributed by atoms with Gasteiger partial charge in [-0.2, -0.15) is 0 Å². The second-order valence-corrected chi connectivity index (χ2v) is 9.20. The maximum atomic E-state index is 12.7. The van der Waals surface area contributed by atoms with Gasteiger partial charge in [-0.25, -0.2) is 4.98 Å². The van der Waals surface area contributed by atoms with Gasteiger partial charge in [-0.3, -0.25) is 4.79 Å². The molecule has 4 rings (SSSR count). The summed E-state index contributed by atoms with van der Waals surface area (Å²) in [5, 5.41) is 3.82. The fourth-order valence-electron chi connectivity index (χ4n) is 3.89. The number of hydrogen-bond donors (Lipinski definition) is 2. The van der Waals surface area contributed by atoms with Crippen LogP contribution in [0.15, 0.2) is 29.1 Å². The number of fused-ring (bicyclic) bond motifs is 3. The van der Waals surface area contributed by atoms with E-state index in [-0.39, 0.29) is 11.6 Å². The minimum Gasteiger partial charge on any atom is -0.337 e. The third kappa shape index (κ3) is 3.96. The Labute approximate surface area is 168 Å². The average Bonchev–Trinajstić information content (AvgIpc) is 2.99. The third-order valence-corrected chi connectivity index (χ3v) is 6.84. The van der Waals surface area contributed by atoms with Gasteiger partial charge in [-0.1, -0.05) is 30.7 Å². The Hall–Kier alpha value is -1.69. The number of aryl methyl sites for hydroxylation is 1. The van der Waals surface area contributed by atoms with Crippen molar-refractivity contribution in [2.24, 2.45) is 5.92 Å². The minimum atomic E-state index is 0.0251. The molecule has 3 aromatic rings. The van der Waals surface area contributed by atoms with Crippen LogP contribution in [0.5, 0.6) is 0 Å². The number of quaternary nitrogens is 1. The Balaban J connectivity index is 1.50. The number of thiophene rings is 1. The number of hydrogen-bond acceptors (Lipinski definition) is 3. The van der Waals surface area contributed by atoms with E-state index in [4.69, 9.17) is 16.6 Å². The zero-order valence-corrected chi connectivity index (χ0v) is 17.3. The van der Waals surface area contributed by atoms with Gasteiger partial charge in [0.2, 0.25) is 0 Å². The first-order valence-electron chi connectivity index (χ1n) is 9.63. The maximum Gasteiger partial charge on any atom is 0.260 e. The van der Waals surface area contributed by atoms with Gasteiger partial charge in [-0.05, 0) is 55.4 Å². The zero-order valence-electron chi connectivity index (χ0n) is 15.7. The van der Waals surface area contributed by atoms with E-state index in [0.717, 1.165) is 53.3 Å². The fraction of sp³-hybridized carbons (Fsp3) is 0.429. The van der Waals surface area contributed by atoms with Gasteiger partial charge in [0, 0.05) is 16.3 Å². The van der Waals surface area contributed by atoms with Crippen molar-refractivity contribution in [3.63, 3.8) is 0 Å². The van der Waals surface area contributed by atoms with E-state index in [1.807, 2.05) is 18.2 Å². The summed E-state index contributed by atoms with van der Waals surface area (Å²) < 4.78 is 0. The number of nitrogens with zero attached hydrogens (tertiary/aromatic N) is 1. The van der Waals surface area contributed by atoms with E-state index >= 15 is 0 Å². The van der Waals surface area contributed by atoms with Crippen LogP contribution in [0.3, 0.4) is 0 Å². The predicted octanol–water partition coefficient (Wildman–Crippen LogP) is 3.63. The van der Waals surface area contributed by atoms with E-state index in [0.29, 0.717) is 5.92 Å². The van der Waals surface area contributed by atoms with Gasteiger partial charge in [0.1, 0.15) is 10.9 Å². The molecule has 0 saturated carbocycles. The lowest BCUT2D eigenvalue weighted by Gasteiger charge is -2.17. The van der Waals surface area contributed by atoms with Gasteiger partial charge in [-0.15, -0.1) is 11.3 Å². The molecule has 1 aliphatic rings. The Morgan fingerprint density at radius 1 is 1.44 bits per heavy atom. The fourth-order valence-corrected chi connectivity index (χ4v) is 5.49. The quantitative estimate of drug-likeness (QED) is 0.684. The lowest BCUT2D eigenvalue weighted by molar-refractivity contribution is -0.693. The number of aromatic nitrogens is 2. The van der Waals surface area contributed by atoms with Crippen LogP contribution in [-0.4, -0.2) is 16.5 Å². The van der Waals surface area contributed by atoms with Crippen LogP contribution >= 0.6 is 22.9 Å². The lowest BCUT2D eigenvalue weighted by Crippen LogP contribution is -2.85. The molecule has 0 unspecified atom stereocenters. The van der Waals surface area contributed by atoms with Crippen molar-refractivity contribution in [2.45, 2.75) is 45.6 Å². The lowest BCUT2D eigenvalue weighted by atomic mass is 9.89. The van der Waals surface area contributed by atoms with Crippen LogP contribution in [-0.2, 0) is 19.3 Å². The first-order chi connectivity index (χ1) is 13.0. The van der Waals surface area contributed by atoms with E-state index in [9.17, 15) is 4.79 Å². The van der Waals surface area contributed by atoms with Crippen molar-refractivity contribution in [1.82, 2.24) is 9.97 Å². The van der Waals surface area contributed by atoms with Crippen LogP contribution in [0, 0.1) is 5.92 Å². The molecule has 0 bridgehead atoms. The summed E-state index contributed by atoms with van der Waals surface area (Å²) in [6, 6.07) is 8.08. The smallest absolute Gasteiger partial charge is 0.260 e. The van der Waals surface area contributed by atoms with Crippen LogP contribution in [0.2, 0.25) is 5.02 Å². The Kier molecular flexibility index (Phi) is 5.35. The average molecular weight is 403 g/mol.